The lowest BCUT2D eigenvalue weighted by atomic mass is 10.1. The highest BCUT2D eigenvalue weighted by Crippen LogP contribution is 2.43. The third-order valence-corrected chi connectivity index (χ3v) is 3.27. The van der Waals surface area contributed by atoms with Gasteiger partial charge in [-0.1, -0.05) is 0 Å². The van der Waals surface area contributed by atoms with E-state index >= 15 is 0 Å². The molecule has 1 fully saturated rings. The molecule has 2 rings (SSSR count). The summed E-state index contributed by atoms with van der Waals surface area (Å²) in [5.74, 6) is 0. The zero-order chi connectivity index (χ0) is 16.7. The van der Waals surface area contributed by atoms with Crippen LogP contribution in [0.15, 0.2) is 12.1 Å². The van der Waals surface area contributed by atoms with Crippen molar-refractivity contribution in [2.75, 3.05) is 18.0 Å². The number of rotatable bonds is 3. The van der Waals surface area contributed by atoms with Gasteiger partial charge in [0.05, 0.1) is 21.5 Å². The minimum atomic E-state index is -4.95. The largest absolute Gasteiger partial charge is 0.416 e. The third-order valence-electron chi connectivity index (χ3n) is 3.27. The molecule has 120 valence electrons. The molecule has 1 aromatic carbocycles. The Balaban J connectivity index is 2.69. The van der Waals surface area contributed by atoms with E-state index < -0.39 is 44.8 Å². The molecule has 0 aromatic heterocycles. The first-order valence-electron chi connectivity index (χ1n) is 6.08. The normalized spacial score (nSPS) is 18.5. The number of β-amino-alcohol motifs (C(OH)–C–C–N with tert-alkyl or cyclic N) is 1. The molecule has 1 aliphatic heterocycles. The molecule has 1 heterocycles. The van der Waals surface area contributed by atoms with Crippen molar-refractivity contribution in [3.05, 3.63) is 37.9 Å². The molecule has 1 atom stereocenters. The van der Waals surface area contributed by atoms with Crippen molar-refractivity contribution in [3.63, 3.8) is 0 Å². The number of benzene rings is 1. The fourth-order valence-corrected chi connectivity index (χ4v) is 2.32. The van der Waals surface area contributed by atoms with Crippen molar-refractivity contribution in [2.45, 2.75) is 18.7 Å². The van der Waals surface area contributed by atoms with Crippen LogP contribution in [0.4, 0.5) is 30.2 Å². The molecule has 0 bridgehead atoms. The minimum Gasteiger partial charge on any atom is -0.391 e. The van der Waals surface area contributed by atoms with Gasteiger partial charge in [0.25, 0.3) is 11.4 Å². The number of halogens is 3. The molecule has 0 unspecified atom stereocenters. The van der Waals surface area contributed by atoms with Crippen molar-refractivity contribution >= 4 is 17.1 Å². The molecule has 11 heteroatoms. The second-order valence-corrected chi connectivity index (χ2v) is 4.76. The van der Waals surface area contributed by atoms with Crippen LogP contribution in [0.25, 0.3) is 0 Å². The summed E-state index contributed by atoms with van der Waals surface area (Å²) in [4.78, 5) is 21.0. The van der Waals surface area contributed by atoms with Crippen LogP contribution >= 0.6 is 0 Å². The lowest BCUT2D eigenvalue weighted by molar-refractivity contribution is -0.393. The van der Waals surface area contributed by atoms with Crippen LogP contribution in [0, 0.1) is 20.2 Å². The van der Waals surface area contributed by atoms with Gasteiger partial charge in [-0.3, -0.25) is 20.2 Å². The quantitative estimate of drug-likeness (QED) is 0.674. The van der Waals surface area contributed by atoms with Gasteiger partial charge in [-0.2, -0.15) is 13.2 Å². The van der Waals surface area contributed by atoms with E-state index in [-0.39, 0.29) is 31.6 Å². The first-order chi connectivity index (χ1) is 10.1. The Labute approximate surface area is 121 Å². The number of alkyl halides is 3. The number of hydrogen-bond donors (Lipinski definition) is 1. The average Bonchev–Trinajstić information content (AvgIpc) is 2.82. The van der Waals surface area contributed by atoms with E-state index in [4.69, 9.17) is 0 Å². The van der Waals surface area contributed by atoms with Crippen LogP contribution in [0.3, 0.4) is 0 Å². The van der Waals surface area contributed by atoms with Crippen LogP contribution < -0.4 is 4.90 Å². The molecule has 22 heavy (non-hydrogen) atoms. The number of hydrogen-bond acceptors (Lipinski definition) is 6. The summed E-state index contributed by atoms with van der Waals surface area (Å²) >= 11 is 0. The first kappa shape index (κ1) is 15.9. The monoisotopic (exact) mass is 321 g/mol. The van der Waals surface area contributed by atoms with Crippen LogP contribution in [0.1, 0.15) is 12.0 Å². The van der Waals surface area contributed by atoms with Gasteiger partial charge in [-0.05, 0) is 6.42 Å². The maximum absolute atomic E-state index is 12.7. The van der Waals surface area contributed by atoms with Gasteiger partial charge in [0, 0.05) is 25.2 Å². The lowest BCUT2D eigenvalue weighted by Gasteiger charge is -2.18. The third kappa shape index (κ3) is 2.93. The molecule has 1 aliphatic rings. The molecule has 8 nitrogen and oxygen atoms in total. The average molecular weight is 321 g/mol. The molecule has 0 radical (unpaired) electrons. The molecule has 1 N–H and O–H groups in total. The fraction of sp³-hybridized carbons (Fsp3) is 0.455. The van der Waals surface area contributed by atoms with Crippen molar-refractivity contribution in [3.8, 4) is 0 Å². The van der Waals surface area contributed by atoms with Gasteiger partial charge in [-0.25, -0.2) is 0 Å². The Hall–Kier alpha value is -2.43. The van der Waals surface area contributed by atoms with E-state index in [9.17, 15) is 38.5 Å². The van der Waals surface area contributed by atoms with E-state index in [1.807, 2.05) is 0 Å². The topological polar surface area (TPSA) is 110 Å². The van der Waals surface area contributed by atoms with Crippen LogP contribution in [-0.4, -0.2) is 34.1 Å². The summed E-state index contributed by atoms with van der Waals surface area (Å²) in [6, 6.07) is 0.542. The van der Waals surface area contributed by atoms with Crippen molar-refractivity contribution in [1.82, 2.24) is 0 Å². The Bertz CT molecular complexity index is 599. The molecular formula is C11H10F3N3O5. The molecule has 0 amide bonds. The van der Waals surface area contributed by atoms with Crippen molar-refractivity contribution in [2.24, 2.45) is 0 Å². The van der Waals surface area contributed by atoms with E-state index in [1.54, 1.807) is 0 Å². The highest BCUT2D eigenvalue weighted by atomic mass is 19.4. The summed E-state index contributed by atoms with van der Waals surface area (Å²) in [6.45, 7) is -0.0404. The number of nitro benzene ring substituents is 2. The van der Waals surface area contributed by atoms with E-state index in [2.05, 4.69) is 0 Å². The maximum Gasteiger partial charge on any atom is 0.416 e. The second-order valence-electron chi connectivity index (χ2n) is 4.76. The minimum absolute atomic E-state index is 0.0776. The summed E-state index contributed by atoms with van der Waals surface area (Å²) < 4.78 is 38.2. The Morgan fingerprint density at radius 1 is 1.18 bits per heavy atom. The Kier molecular flexibility index (Phi) is 3.92. The summed E-state index contributed by atoms with van der Waals surface area (Å²) in [6.07, 6.45) is -5.57. The predicted octanol–water partition coefficient (Wildman–Crippen LogP) is 2.09. The summed E-state index contributed by atoms with van der Waals surface area (Å²) in [5.41, 5.74) is -3.99. The van der Waals surface area contributed by atoms with Crippen molar-refractivity contribution < 1.29 is 28.1 Å². The molecule has 0 spiro atoms. The van der Waals surface area contributed by atoms with Gasteiger partial charge in [-0.15, -0.1) is 0 Å². The molecule has 0 saturated carbocycles. The van der Waals surface area contributed by atoms with Gasteiger partial charge in [0.2, 0.25) is 0 Å². The number of aliphatic hydroxyl groups excluding tert-OH is 1. The predicted molar refractivity (Wildman–Crippen MR) is 67.6 cm³/mol. The zero-order valence-corrected chi connectivity index (χ0v) is 10.9. The van der Waals surface area contributed by atoms with Crippen LogP contribution in [-0.2, 0) is 6.18 Å². The molecule has 0 aliphatic carbocycles. The SMILES string of the molecule is O=[N+]([O-])c1cc(C(F)(F)F)cc([N+](=O)[O-])c1N1CC[C@H](O)C1. The standard InChI is InChI=1S/C11H10F3N3O5/c12-11(13,14)6-3-8(16(19)20)10(9(4-6)17(21)22)15-2-1-7(18)5-15/h3-4,7,18H,1-2,5H2/t7-/m0/s1. The molecule has 1 aromatic rings. The lowest BCUT2D eigenvalue weighted by Crippen LogP contribution is -2.23. The highest BCUT2D eigenvalue weighted by molar-refractivity contribution is 5.76. The van der Waals surface area contributed by atoms with Crippen LogP contribution in [0.5, 0.6) is 0 Å². The number of aliphatic hydroxyl groups is 1. The van der Waals surface area contributed by atoms with Gasteiger partial charge in [0.15, 0.2) is 5.69 Å². The number of anilines is 1. The zero-order valence-electron chi connectivity index (χ0n) is 10.9. The van der Waals surface area contributed by atoms with E-state index in [0.29, 0.717) is 0 Å². The Morgan fingerprint density at radius 2 is 1.68 bits per heavy atom. The Morgan fingerprint density at radius 3 is 2.00 bits per heavy atom. The van der Waals surface area contributed by atoms with E-state index in [0.717, 1.165) is 4.90 Å². The fourth-order valence-electron chi connectivity index (χ4n) is 2.32. The van der Waals surface area contributed by atoms with E-state index in [1.165, 1.54) is 0 Å². The smallest absolute Gasteiger partial charge is 0.391 e. The van der Waals surface area contributed by atoms with Gasteiger partial charge >= 0.3 is 6.18 Å². The molecule has 1 saturated heterocycles. The summed E-state index contributed by atoms with van der Waals surface area (Å²) in [7, 11) is 0. The van der Waals surface area contributed by atoms with Gasteiger partial charge in [0.1, 0.15) is 0 Å². The first-order valence-corrected chi connectivity index (χ1v) is 6.08. The highest BCUT2D eigenvalue weighted by Gasteiger charge is 2.40. The van der Waals surface area contributed by atoms with Crippen LogP contribution in [0.2, 0.25) is 0 Å². The van der Waals surface area contributed by atoms with Crippen molar-refractivity contribution in [1.29, 1.82) is 0 Å². The number of nitrogens with zero attached hydrogens (tertiary/aromatic N) is 3. The number of nitro groups is 2. The second kappa shape index (κ2) is 5.40. The maximum atomic E-state index is 12.7. The summed E-state index contributed by atoms with van der Waals surface area (Å²) in [5, 5.41) is 31.5. The molecular weight excluding hydrogens is 311 g/mol. The van der Waals surface area contributed by atoms with Gasteiger partial charge < -0.3 is 10.0 Å².